The van der Waals surface area contributed by atoms with Crippen LogP contribution >= 0.6 is 11.6 Å². The van der Waals surface area contributed by atoms with E-state index in [1.165, 1.54) is 7.11 Å². The number of carbonyl (C=O) groups excluding carboxylic acids is 1. The molecule has 0 spiro atoms. The summed E-state index contributed by atoms with van der Waals surface area (Å²) in [6.07, 6.45) is 0. The molecule has 24 heavy (non-hydrogen) atoms. The standard InChI is InChI=1S/C16H17ClN2O4S/c1-23-15-7-3-6-14(9-15)19-16(20)10-18-24(21,22)11-12-4-2-5-13(17)8-12/h2-9,18H,10-11H2,1H3,(H,19,20). The van der Waals surface area contributed by atoms with Crippen LogP contribution in [-0.4, -0.2) is 28.0 Å². The number of benzene rings is 2. The molecular formula is C16H17ClN2O4S. The van der Waals surface area contributed by atoms with Crippen LogP contribution in [0.3, 0.4) is 0 Å². The predicted molar refractivity (Wildman–Crippen MR) is 93.7 cm³/mol. The molecular weight excluding hydrogens is 352 g/mol. The second kappa shape index (κ2) is 8.14. The second-order valence-electron chi connectivity index (χ2n) is 4.99. The molecule has 0 saturated heterocycles. The minimum absolute atomic E-state index is 0.250. The van der Waals surface area contributed by atoms with Gasteiger partial charge < -0.3 is 10.1 Å². The molecule has 6 nitrogen and oxygen atoms in total. The molecule has 0 saturated carbocycles. The highest BCUT2D eigenvalue weighted by atomic mass is 35.5. The molecule has 0 unspecified atom stereocenters. The summed E-state index contributed by atoms with van der Waals surface area (Å²) in [5.74, 6) is -0.132. The molecule has 0 aliphatic carbocycles. The maximum atomic E-state index is 12.0. The summed E-state index contributed by atoms with van der Waals surface area (Å²) >= 11 is 5.83. The van der Waals surface area contributed by atoms with Crippen LogP contribution in [-0.2, 0) is 20.6 Å². The van der Waals surface area contributed by atoms with Gasteiger partial charge in [-0.15, -0.1) is 0 Å². The highest BCUT2D eigenvalue weighted by Gasteiger charge is 2.14. The normalized spacial score (nSPS) is 11.1. The van der Waals surface area contributed by atoms with Gasteiger partial charge in [0.1, 0.15) is 5.75 Å². The number of hydrogen-bond donors (Lipinski definition) is 2. The SMILES string of the molecule is COc1cccc(NC(=O)CNS(=O)(=O)Cc2cccc(Cl)c2)c1. The van der Waals surface area contributed by atoms with Crippen molar-refractivity contribution in [2.45, 2.75) is 5.75 Å². The zero-order valence-corrected chi connectivity index (χ0v) is 14.5. The van der Waals surface area contributed by atoms with Crippen molar-refractivity contribution >= 4 is 33.2 Å². The molecule has 0 bridgehead atoms. The Morgan fingerprint density at radius 1 is 1.17 bits per heavy atom. The summed E-state index contributed by atoms with van der Waals surface area (Å²) < 4.78 is 31.3. The molecule has 128 valence electrons. The van der Waals surface area contributed by atoms with Gasteiger partial charge in [-0.25, -0.2) is 13.1 Å². The summed E-state index contributed by atoms with van der Waals surface area (Å²) in [5.41, 5.74) is 1.07. The Balaban J connectivity index is 1.90. The Morgan fingerprint density at radius 3 is 2.62 bits per heavy atom. The van der Waals surface area contributed by atoms with E-state index in [0.717, 1.165) is 0 Å². The number of rotatable bonds is 7. The van der Waals surface area contributed by atoms with Crippen LogP contribution in [0.5, 0.6) is 5.75 Å². The van der Waals surface area contributed by atoms with Crippen molar-refractivity contribution < 1.29 is 17.9 Å². The van der Waals surface area contributed by atoms with E-state index in [1.54, 1.807) is 48.5 Å². The molecule has 0 radical (unpaired) electrons. The van der Waals surface area contributed by atoms with Crippen LogP contribution in [0, 0.1) is 0 Å². The van der Waals surface area contributed by atoms with E-state index in [4.69, 9.17) is 16.3 Å². The summed E-state index contributed by atoms with van der Waals surface area (Å²) in [4.78, 5) is 11.9. The lowest BCUT2D eigenvalue weighted by molar-refractivity contribution is -0.115. The highest BCUT2D eigenvalue weighted by molar-refractivity contribution is 7.88. The first-order chi connectivity index (χ1) is 11.4. The van der Waals surface area contributed by atoms with Crippen LogP contribution in [0.1, 0.15) is 5.56 Å². The first-order valence-electron chi connectivity index (χ1n) is 7.04. The average Bonchev–Trinajstić information content (AvgIpc) is 2.53. The summed E-state index contributed by atoms with van der Waals surface area (Å²) in [7, 11) is -2.13. The van der Waals surface area contributed by atoms with Crippen molar-refractivity contribution in [3.63, 3.8) is 0 Å². The van der Waals surface area contributed by atoms with Crippen molar-refractivity contribution in [1.29, 1.82) is 0 Å². The number of amides is 1. The number of methoxy groups -OCH3 is 1. The van der Waals surface area contributed by atoms with E-state index in [-0.39, 0.29) is 12.3 Å². The highest BCUT2D eigenvalue weighted by Crippen LogP contribution is 2.16. The fourth-order valence-corrected chi connectivity index (χ4v) is 3.26. The Morgan fingerprint density at radius 2 is 1.92 bits per heavy atom. The van der Waals surface area contributed by atoms with Gasteiger partial charge in [-0.2, -0.15) is 0 Å². The number of nitrogens with one attached hydrogen (secondary N) is 2. The minimum Gasteiger partial charge on any atom is -0.497 e. The van der Waals surface area contributed by atoms with Crippen LogP contribution in [0.15, 0.2) is 48.5 Å². The third-order valence-electron chi connectivity index (χ3n) is 3.05. The summed E-state index contributed by atoms with van der Waals surface area (Å²) in [5, 5.41) is 3.05. The molecule has 0 heterocycles. The molecule has 2 N–H and O–H groups in total. The zero-order valence-electron chi connectivity index (χ0n) is 13.0. The molecule has 0 aliphatic rings. The van der Waals surface area contributed by atoms with E-state index in [0.29, 0.717) is 22.0 Å². The molecule has 8 heteroatoms. The molecule has 2 aromatic rings. The number of hydrogen-bond acceptors (Lipinski definition) is 4. The summed E-state index contributed by atoms with van der Waals surface area (Å²) in [6, 6.07) is 13.3. The molecule has 0 fully saturated rings. The number of halogens is 1. The zero-order chi connectivity index (χ0) is 17.6. The number of carbonyl (C=O) groups is 1. The van der Waals surface area contributed by atoms with Crippen LogP contribution < -0.4 is 14.8 Å². The van der Waals surface area contributed by atoms with Crippen molar-refractivity contribution in [2.75, 3.05) is 19.0 Å². The fraction of sp³-hybridized carbons (Fsp3) is 0.188. The van der Waals surface area contributed by atoms with Crippen molar-refractivity contribution in [3.05, 3.63) is 59.1 Å². The molecule has 2 aromatic carbocycles. The summed E-state index contributed by atoms with van der Waals surface area (Å²) in [6.45, 7) is -0.361. The first kappa shape index (κ1) is 18.3. The monoisotopic (exact) mass is 368 g/mol. The van der Waals surface area contributed by atoms with Crippen LogP contribution in [0.4, 0.5) is 5.69 Å². The Bertz CT molecular complexity index is 824. The lowest BCUT2D eigenvalue weighted by Gasteiger charge is -2.09. The van der Waals surface area contributed by atoms with E-state index in [2.05, 4.69) is 10.0 Å². The van der Waals surface area contributed by atoms with Crippen LogP contribution in [0.25, 0.3) is 0 Å². The Labute approximate surface area is 145 Å². The third-order valence-corrected chi connectivity index (χ3v) is 4.58. The van der Waals surface area contributed by atoms with Gasteiger partial charge in [-0.1, -0.05) is 29.8 Å². The Hall–Kier alpha value is -2.09. The average molecular weight is 369 g/mol. The smallest absolute Gasteiger partial charge is 0.239 e. The topological polar surface area (TPSA) is 84.5 Å². The number of sulfonamides is 1. The maximum absolute atomic E-state index is 12.0. The van der Waals surface area contributed by atoms with Gasteiger partial charge in [0.05, 0.1) is 19.4 Å². The Kier molecular flexibility index (Phi) is 6.19. The molecule has 0 aromatic heterocycles. The van der Waals surface area contributed by atoms with Gasteiger partial charge in [-0.3, -0.25) is 4.79 Å². The van der Waals surface area contributed by atoms with Crippen molar-refractivity contribution in [2.24, 2.45) is 0 Å². The van der Waals surface area contributed by atoms with Gasteiger partial charge in [0.2, 0.25) is 15.9 Å². The minimum atomic E-state index is -3.65. The van der Waals surface area contributed by atoms with Crippen LogP contribution in [0.2, 0.25) is 5.02 Å². The third kappa shape index (κ3) is 5.84. The molecule has 0 atom stereocenters. The molecule has 0 aliphatic heterocycles. The quantitative estimate of drug-likeness (QED) is 0.786. The lowest BCUT2D eigenvalue weighted by Crippen LogP contribution is -2.33. The van der Waals surface area contributed by atoms with E-state index >= 15 is 0 Å². The van der Waals surface area contributed by atoms with Gasteiger partial charge in [0.25, 0.3) is 0 Å². The molecule has 2 rings (SSSR count). The second-order valence-corrected chi connectivity index (χ2v) is 7.23. The fourth-order valence-electron chi connectivity index (χ4n) is 1.98. The number of anilines is 1. The molecule has 1 amide bonds. The first-order valence-corrected chi connectivity index (χ1v) is 9.07. The largest absolute Gasteiger partial charge is 0.497 e. The van der Waals surface area contributed by atoms with Gasteiger partial charge in [-0.05, 0) is 29.8 Å². The van der Waals surface area contributed by atoms with Gasteiger partial charge in [0, 0.05) is 16.8 Å². The van der Waals surface area contributed by atoms with Gasteiger partial charge in [0.15, 0.2) is 0 Å². The number of ether oxygens (including phenoxy) is 1. The van der Waals surface area contributed by atoms with E-state index in [1.807, 2.05) is 0 Å². The van der Waals surface area contributed by atoms with Gasteiger partial charge >= 0.3 is 0 Å². The van der Waals surface area contributed by atoms with Crippen molar-refractivity contribution in [1.82, 2.24) is 4.72 Å². The van der Waals surface area contributed by atoms with Crippen molar-refractivity contribution in [3.8, 4) is 5.75 Å². The van der Waals surface area contributed by atoms with E-state index < -0.39 is 15.9 Å². The lowest BCUT2D eigenvalue weighted by atomic mass is 10.2. The van der Waals surface area contributed by atoms with E-state index in [9.17, 15) is 13.2 Å². The maximum Gasteiger partial charge on any atom is 0.239 e. The predicted octanol–water partition coefficient (Wildman–Crippen LogP) is 2.41.